The van der Waals surface area contributed by atoms with Crippen molar-refractivity contribution in [2.24, 2.45) is 11.1 Å². The predicted molar refractivity (Wildman–Crippen MR) is 47.1 cm³/mol. The van der Waals surface area contributed by atoms with Crippen LogP contribution in [0.25, 0.3) is 0 Å². The second-order valence-corrected chi connectivity index (χ2v) is 4.10. The molecule has 0 fully saturated rings. The van der Waals surface area contributed by atoms with Crippen molar-refractivity contribution in [2.45, 2.75) is 19.8 Å². The summed E-state index contributed by atoms with van der Waals surface area (Å²) >= 11 is 0. The smallest absolute Gasteiger partial charge is 0.307 e. The van der Waals surface area contributed by atoms with Crippen LogP contribution < -0.4 is 9.86 Å². The lowest BCUT2D eigenvalue weighted by atomic mass is 10.1. The van der Waals surface area contributed by atoms with Crippen LogP contribution >= 0.6 is 0 Å². The van der Waals surface area contributed by atoms with Crippen LogP contribution in [0.4, 0.5) is 0 Å². The predicted octanol–water partition coefficient (Wildman–Crippen LogP) is -0.720. The highest BCUT2D eigenvalue weighted by Crippen LogP contribution is 2.04. The number of carboxylic acids is 1. The van der Waals surface area contributed by atoms with Gasteiger partial charge in [-0.1, -0.05) is 13.3 Å². The fourth-order valence-electron chi connectivity index (χ4n) is 0.878. The van der Waals surface area contributed by atoms with Crippen LogP contribution in [0.1, 0.15) is 19.8 Å². The van der Waals surface area contributed by atoms with E-state index in [1.807, 2.05) is 11.6 Å². The third kappa shape index (κ3) is 6.50. The van der Waals surface area contributed by atoms with E-state index < -0.39 is 22.1 Å². The Morgan fingerprint density at radius 2 is 2.15 bits per heavy atom. The van der Waals surface area contributed by atoms with Crippen molar-refractivity contribution in [3.8, 4) is 0 Å². The van der Waals surface area contributed by atoms with Crippen molar-refractivity contribution in [2.75, 3.05) is 6.54 Å². The maximum Gasteiger partial charge on any atom is 0.307 e. The van der Waals surface area contributed by atoms with Gasteiger partial charge in [0.15, 0.2) is 0 Å². The highest BCUT2D eigenvalue weighted by Gasteiger charge is 2.17. The summed E-state index contributed by atoms with van der Waals surface area (Å²) in [4.78, 5) is 10.5. The Labute approximate surface area is 77.3 Å². The van der Waals surface area contributed by atoms with Gasteiger partial charge in [-0.15, -0.1) is 0 Å². The van der Waals surface area contributed by atoms with Crippen molar-refractivity contribution in [3.63, 3.8) is 0 Å². The summed E-state index contributed by atoms with van der Waals surface area (Å²) in [6, 6.07) is 0. The molecule has 0 saturated heterocycles. The minimum absolute atomic E-state index is 0.151. The molecule has 13 heavy (non-hydrogen) atoms. The van der Waals surface area contributed by atoms with Crippen LogP contribution in [0.5, 0.6) is 0 Å². The first-order valence-corrected chi connectivity index (χ1v) is 5.41. The minimum atomic E-state index is -3.78. The number of carbonyl (C=O) groups is 1. The summed E-state index contributed by atoms with van der Waals surface area (Å²) in [5.74, 6) is -1.72. The van der Waals surface area contributed by atoms with E-state index in [9.17, 15) is 13.2 Å². The van der Waals surface area contributed by atoms with Gasteiger partial charge in [0.1, 0.15) is 0 Å². The molecule has 78 valence electrons. The standard InChI is InChI=1S/C6H14N2O4S/c1-2-3-5(6(9)10)4-8-13(7,11)12/h5,8H,2-4H2,1H3,(H,9,10)(H2,7,11,12). The molecular formula is C6H14N2O4S. The van der Waals surface area contributed by atoms with E-state index in [-0.39, 0.29) is 6.54 Å². The molecule has 0 aromatic heterocycles. The average Bonchev–Trinajstić information content (AvgIpc) is 1.95. The molecule has 0 bridgehead atoms. The third-order valence-corrected chi connectivity index (χ3v) is 2.09. The quantitative estimate of drug-likeness (QED) is 0.537. The largest absolute Gasteiger partial charge is 0.481 e. The summed E-state index contributed by atoms with van der Waals surface area (Å²) < 4.78 is 22.8. The van der Waals surface area contributed by atoms with Gasteiger partial charge in [-0.2, -0.15) is 8.42 Å². The van der Waals surface area contributed by atoms with Gasteiger partial charge in [0, 0.05) is 6.54 Å². The van der Waals surface area contributed by atoms with Gasteiger partial charge in [0.05, 0.1) is 5.92 Å². The number of aliphatic carboxylic acids is 1. The van der Waals surface area contributed by atoms with Crippen molar-refractivity contribution in [3.05, 3.63) is 0 Å². The summed E-state index contributed by atoms with van der Waals surface area (Å²) in [5, 5.41) is 13.3. The topological polar surface area (TPSA) is 109 Å². The summed E-state index contributed by atoms with van der Waals surface area (Å²) in [6.45, 7) is 1.68. The molecule has 0 radical (unpaired) electrons. The van der Waals surface area contributed by atoms with Crippen LogP contribution in [0.15, 0.2) is 0 Å². The van der Waals surface area contributed by atoms with Crippen LogP contribution in [0, 0.1) is 5.92 Å². The van der Waals surface area contributed by atoms with Gasteiger partial charge in [0.2, 0.25) is 0 Å². The number of hydrogen-bond donors (Lipinski definition) is 3. The van der Waals surface area contributed by atoms with Crippen molar-refractivity contribution in [1.82, 2.24) is 4.72 Å². The Morgan fingerprint density at radius 3 is 2.46 bits per heavy atom. The van der Waals surface area contributed by atoms with Crippen LogP contribution in [0.2, 0.25) is 0 Å². The summed E-state index contributed by atoms with van der Waals surface area (Å²) in [7, 11) is -3.78. The molecule has 0 spiro atoms. The Hall–Kier alpha value is -0.660. The normalized spacial score (nSPS) is 14.0. The number of nitrogens with one attached hydrogen (secondary N) is 1. The second-order valence-electron chi connectivity index (χ2n) is 2.72. The van der Waals surface area contributed by atoms with Crippen LogP contribution in [0.3, 0.4) is 0 Å². The van der Waals surface area contributed by atoms with E-state index in [4.69, 9.17) is 5.11 Å². The van der Waals surface area contributed by atoms with E-state index in [0.29, 0.717) is 12.8 Å². The molecule has 7 heteroatoms. The number of carboxylic acid groups (broad SMARTS) is 1. The number of hydrogen-bond acceptors (Lipinski definition) is 3. The third-order valence-electron chi connectivity index (χ3n) is 1.52. The molecule has 0 aliphatic heterocycles. The first kappa shape index (κ1) is 12.3. The van der Waals surface area contributed by atoms with Crippen LogP contribution in [-0.2, 0) is 15.0 Å². The zero-order valence-electron chi connectivity index (χ0n) is 7.36. The lowest BCUT2D eigenvalue weighted by molar-refractivity contribution is -0.141. The lowest BCUT2D eigenvalue weighted by Gasteiger charge is -2.10. The molecule has 4 N–H and O–H groups in total. The molecule has 0 heterocycles. The molecule has 0 aromatic rings. The maximum atomic E-state index is 10.5. The summed E-state index contributed by atoms with van der Waals surface area (Å²) in [6.07, 6.45) is 1.11. The Morgan fingerprint density at radius 1 is 1.62 bits per heavy atom. The maximum absolute atomic E-state index is 10.5. The molecule has 0 aliphatic carbocycles. The SMILES string of the molecule is CCCC(CNS(N)(=O)=O)C(=O)O. The second kappa shape index (κ2) is 5.15. The Kier molecular flexibility index (Phi) is 4.89. The van der Waals surface area contributed by atoms with Gasteiger partial charge in [0.25, 0.3) is 10.2 Å². The van der Waals surface area contributed by atoms with Gasteiger partial charge in [-0.05, 0) is 6.42 Å². The first-order chi connectivity index (χ1) is 5.87. The van der Waals surface area contributed by atoms with Gasteiger partial charge >= 0.3 is 5.97 Å². The minimum Gasteiger partial charge on any atom is -0.481 e. The Balaban J connectivity index is 4.05. The molecule has 1 unspecified atom stereocenters. The van der Waals surface area contributed by atoms with Gasteiger partial charge in [-0.25, -0.2) is 9.86 Å². The summed E-state index contributed by atoms with van der Waals surface area (Å²) in [5.41, 5.74) is 0. The highest BCUT2D eigenvalue weighted by atomic mass is 32.2. The zero-order chi connectivity index (χ0) is 10.5. The molecule has 0 rings (SSSR count). The monoisotopic (exact) mass is 210 g/mol. The lowest BCUT2D eigenvalue weighted by Crippen LogP contribution is -2.37. The van der Waals surface area contributed by atoms with Gasteiger partial charge < -0.3 is 5.11 Å². The van der Waals surface area contributed by atoms with Crippen molar-refractivity contribution in [1.29, 1.82) is 0 Å². The first-order valence-electron chi connectivity index (χ1n) is 3.87. The van der Waals surface area contributed by atoms with Crippen LogP contribution in [-0.4, -0.2) is 26.0 Å². The van der Waals surface area contributed by atoms with E-state index >= 15 is 0 Å². The molecule has 0 aromatic carbocycles. The van der Waals surface area contributed by atoms with E-state index in [2.05, 4.69) is 5.14 Å². The van der Waals surface area contributed by atoms with E-state index in [1.54, 1.807) is 0 Å². The molecule has 1 atom stereocenters. The molecular weight excluding hydrogens is 196 g/mol. The fraction of sp³-hybridized carbons (Fsp3) is 0.833. The average molecular weight is 210 g/mol. The molecule has 0 amide bonds. The van der Waals surface area contributed by atoms with Crippen molar-refractivity contribution >= 4 is 16.2 Å². The molecule has 0 saturated carbocycles. The highest BCUT2D eigenvalue weighted by molar-refractivity contribution is 7.87. The fourth-order valence-corrected chi connectivity index (χ4v) is 1.31. The molecule has 6 nitrogen and oxygen atoms in total. The Bertz CT molecular complexity index is 262. The molecule has 0 aliphatic rings. The van der Waals surface area contributed by atoms with E-state index in [0.717, 1.165) is 0 Å². The van der Waals surface area contributed by atoms with Gasteiger partial charge in [-0.3, -0.25) is 4.79 Å². The zero-order valence-corrected chi connectivity index (χ0v) is 8.17. The number of nitrogens with two attached hydrogens (primary N) is 1. The van der Waals surface area contributed by atoms with Crippen molar-refractivity contribution < 1.29 is 18.3 Å². The number of rotatable bonds is 6. The van der Waals surface area contributed by atoms with E-state index in [1.165, 1.54) is 0 Å².